The second-order valence-electron chi connectivity index (χ2n) is 5.18. The number of benzene rings is 1. The summed E-state index contributed by atoms with van der Waals surface area (Å²) < 4.78 is 71.0. The molecular weight excluding hydrogens is 365 g/mol. The van der Waals surface area contributed by atoms with Crippen molar-refractivity contribution in [2.45, 2.75) is 23.6 Å². The van der Waals surface area contributed by atoms with Crippen LogP contribution in [0.5, 0.6) is 5.19 Å². The number of rotatable bonds is 4. The van der Waals surface area contributed by atoms with Crippen LogP contribution in [0.3, 0.4) is 0 Å². The van der Waals surface area contributed by atoms with Crippen molar-refractivity contribution in [1.82, 2.24) is 9.29 Å². The Hall–Kier alpha value is -1.65. The normalized spacial score (nSPS) is 19.5. The Labute approximate surface area is 140 Å². The number of sulfonamides is 1. The molecule has 1 aromatic heterocycles. The lowest BCUT2D eigenvalue weighted by atomic mass is 10.2. The third-order valence-corrected chi connectivity index (χ3v) is 6.18. The highest BCUT2D eigenvalue weighted by atomic mass is 32.2. The van der Waals surface area contributed by atoms with Crippen LogP contribution < -0.4 is 4.74 Å². The Morgan fingerprint density at radius 3 is 2.71 bits per heavy atom. The number of ether oxygens (including phenoxy) is 1. The molecule has 1 aromatic carbocycles. The molecule has 0 radical (unpaired) electrons. The highest BCUT2D eigenvalue weighted by Crippen LogP contribution is 2.36. The van der Waals surface area contributed by atoms with Crippen molar-refractivity contribution in [1.29, 1.82) is 0 Å². The van der Waals surface area contributed by atoms with Crippen LogP contribution in [-0.2, 0) is 16.2 Å². The van der Waals surface area contributed by atoms with Gasteiger partial charge in [0.25, 0.3) is 5.19 Å². The van der Waals surface area contributed by atoms with Gasteiger partial charge >= 0.3 is 6.18 Å². The van der Waals surface area contributed by atoms with E-state index >= 15 is 0 Å². The number of thiazole rings is 1. The largest absolute Gasteiger partial charge is 0.465 e. The van der Waals surface area contributed by atoms with Crippen LogP contribution in [0.4, 0.5) is 13.2 Å². The minimum Gasteiger partial charge on any atom is -0.465 e. The van der Waals surface area contributed by atoms with Gasteiger partial charge in [0.05, 0.1) is 17.0 Å². The predicted octanol–water partition coefficient (Wildman–Crippen LogP) is 3.00. The maximum atomic E-state index is 13.1. The summed E-state index contributed by atoms with van der Waals surface area (Å²) >= 11 is 1.27. The van der Waals surface area contributed by atoms with Gasteiger partial charge in [0.15, 0.2) is 0 Å². The first-order valence-electron chi connectivity index (χ1n) is 7.01. The Bertz CT molecular complexity index is 807. The number of nitrogens with zero attached hydrogens (tertiary/aromatic N) is 2. The van der Waals surface area contributed by atoms with Crippen molar-refractivity contribution < 1.29 is 26.3 Å². The zero-order valence-electron chi connectivity index (χ0n) is 12.2. The summed E-state index contributed by atoms with van der Waals surface area (Å²) in [7, 11) is -4.25. The van der Waals surface area contributed by atoms with Crippen LogP contribution in [0, 0.1) is 0 Å². The third kappa shape index (κ3) is 3.40. The number of hydrogen-bond donors (Lipinski definition) is 0. The summed E-state index contributed by atoms with van der Waals surface area (Å²) in [5, 5.41) is 2.13. The summed E-state index contributed by atoms with van der Waals surface area (Å²) in [5.41, 5.74) is -1.16. The molecule has 1 aliphatic heterocycles. The quantitative estimate of drug-likeness (QED) is 0.821. The van der Waals surface area contributed by atoms with Crippen LogP contribution in [0.2, 0.25) is 0 Å². The Kier molecular flexibility index (Phi) is 4.54. The van der Waals surface area contributed by atoms with Gasteiger partial charge in [-0.1, -0.05) is 23.5 Å². The highest BCUT2D eigenvalue weighted by molar-refractivity contribution is 7.89. The van der Waals surface area contributed by atoms with Gasteiger partial charge in [-0.05, 0) is 18.6 Å². The van der Waals surface area contributed by atoms with E-state index in [9.17, 15) is 21.6 Å². The fourth-order valence-electron chi connectivity index (χ4n) is 2.49. The van der Waals surface area contributed by atoms with E-state index in [1.54, 1.807) is 11.6 Å². The minimum atomic E-state index is -4.74. The fraction of sp³-hybridized carbons (Fsp3) is 0.357. The first kappa shape index (κ1) is 17.2. The van der Waals surface area contributed by atoms with Crippen LogP contribution in [0.1, 0.15) is 12.0 Å². The zero-order valence-corrected chi connectivity index (χ0v) is 13.9. The number of hydrogen-bond acceptors (Lipinski definition) is 5. The molecule has 2 aromatic rings. The van der Waals surface area contributed by atoms with Gasteiger partial charge in [0, 0.05) is 18.1 Å². The van der Waals surface area contributed by atoms with E-state index in [2.05, 4.69) is 4.98 Å². The number of alkyl halides is 3. The SMILES string of the molecule is O=S(=O)(c1ccccc1C(F)(F)F)N1CCC(Oc2nccs2)C1. The van der Waals surface area contributed by atoms with Gasteiger partial charge in [-0.2, -0.15) is 17.5 Å². The smallest absolute Gasteiger partial charge is 0.417 e. The van der Waals surface area contributed by atoms with Gasteiger partial charge < -0.3 is 4.74 Å². The Morgan fingerprint density at radius 2 is 2.04 bits per heavy atom. The van der Waals surface area contributed by atoms with E-state index in [1.807, 2.05) is 0 Å². The van der Waals surface area contributed by atoms with Crippen LogP contribution in [0.15, 0.2) is 40.7 Å². The second-order valence-corrected chi connectivity index (χ2v) is 7.95. The van der Waals surface area contributed by atoms with Crippen LogP contribution in [-0.4, -0.2) is 36.9 Å². The molecule has 2 heterocycles. The molecule has 0 bridgehead atoms. The average Bonchev–Trinajstić information content (AvgIpc) is 3.19. The first-order chi connectivity index (χ1) is 11.3. The van der Waals surface area contributed by atoms with Crippen molar-refractivity contribution in [2.24, 2.45) is 0 Å². The molecule has 0 N–H and O–H groups in total. The first-order valence-corrected chi connectivity index (χ1v) is 9.33. The molecule has 10 heteroatoms. The molecule has 1 saturated heterocycles. The minimum absolute atomic E-state index is 0.00585. The van der Waals surface area contributed by atoms with Gasteiger partial charge in [-0.15, -0.1) is 0 Å². The highest BCUT2D eigenvalue weighted by Gasteiger charge is 2.41. The van der Waals surface area contributed by atoms with E-state index in [0.717, 1.165) is 16.4 Å². The molecule has 0 saturated carbocycles. The molecular formula is C14H13F3N2O3S2. The van der Waals surface area contributed by atoms with Crippen molar-refractivity contribution in [3.63, 3.8) is 0 Å². The number of aromatic nitrogens is 1. The summed E-state index contributed by atoms with van der Waals surface area (Å²) in [5.74, 6) is 0. The number of halogens is 3. The second kappa shape index (κ2) is 6.34. The molecule has 0 amide bonds. The van der Waals surface area contributed by atoms with E-state index in [1.165, 1.54) is 23.5 Å². The zero-order chi connectivity index (χ0) is 17.4. The van der Waals surface area contributed by atoms with Crippen molar-refractivity contribution >= 4 is 21.4 Å². The van der Waals surface area contributed by atoms with Crippen LogP contribution in [0.25, 0.3) is 0 Å². The van der Waals surface area contributed by atoms with Gasteiger partial charge in [0.1, 0.15) is 6.10 Å². The molecule has 130 valence electrons. The Balaban J connectivity index is 1.82. The molecule has 3 rings (SSSR count). The summed E-state index contributed by atoms with van der Waals surface area (Å²) in [6.45, 7) is 0.0959. The molecule has 0 spiro atoms. The fourth-order valence-corrected chi connectivity index (χ4v) is 4.74. The third-order valence-electron chi connectivity index (χ3n) is 3.60. The molecule has 1 fully saturated rings. The average molecular weight is 378 g/mol. The standard InChI is InChI=1S/C14H13F3N2O3S2/c15-14(16,17)11-3-1-2-4-12(11)24(20,21)19-7-5-10(9-19)22-13-18-6-8-23-13/h1-4,6,8,10H,5,7,9H2. The monoisotopic (exact) mass is 378 g/mol. The van der Waals surface area contributed by atoms with E-state index in [4.69, 9.17) is 4.74 Å². The predicted molar refractivity (Wildman–Crippen MR) is 81.3 cm³/mol. The Morgan fingerprint density at radius 1 is 1.29 bits per heavy atom. The van der Waals surface area contributed by atoms with Crippen LogP contribution >= 0.6 is 11.3 Å². The summed E-state index contributed by atoms with van der Waals surface area (Å²) in [6.07, 6.45) is -3.21. The van der Waals surface area contributed by atoms with Crippen molar-refractivity contribution in [2.75, 3.05) is 13.1 Å². The van der Waals surface area contributed by atoms with Gasteiger partial charge in [0.2, 0.25) is 10.0 Å². The summed E-state index contributed by atoms with van der Waals surface area (Å²) in [4.78, 5) is 3.22. The van der Waals surface area contributed by atoms with Gasteiger partial charge in [-0.3, -0.25) is 0 Å². The lowest BCUT2D eigenvalue weighted by Gasteiger charge is -2.19. The van der Waals surface area contributed by atoms with Crippen molar-refractivity contribution in [3.05, 3.63) is 41.4 Å². The van der Waals surface area contributed by atoms with Crippen molar-refractivity contribution in [3.8, 4) is 5.19 Å². The lowest BCUT2D eigenvalue weighted by molar-refractivity contribution is -0.139. The molecule has 1 aliphatic rings. The molecule has 1 unspecified atom stereocenters. The topological polar surface area (TPSA) is 59.5 Å². The van der Waals surface area contributed by atoms with E-state index in [-0.39, 0.29) is 13.1 Å². The molecule has 0 aliphatic carbocycles. The molecule has 5 nitrogen and oxygen atoms in total. The van der Waals surface area contributed by atoms with E-state index < -0.39 is 32.8 Å². The maximum Gasteiger partial charge on any atom is 0.417 e. The molecule has 1 atom stereocenters. The van der Waals surface area contributed by atoms with E-state index in [0.29, 0.717) is 11.6 Å². The molecule has 24 heavy (non-hydrogen) atoms. The summed E-state index contributed by atoms with van der Waals surface area (Å²) in [6, 6.07) is 4.20. The maximum absolute atomic E-state index is 13.1. The van der Waals surface area contributed by atoms with Gasteiger partial charge in [-0.25, -0.2) is 13.4 Å². The lowest BCUT2D eigenvalue weighted by Crippen LogP contribution is -2.32.